The maximum absolute atomic E-state index is 13.6. The van der Waals surface area contributed by atoms with Gasteiger partial charge in [-0.3, -0.25) is 9.59 Å². The normalized spacial score (nSPS) is 11.4. The lowest BCUT2D eigenvalue weighted by Gasteiger charge is -2.12. The van der Waals surface area contributed by atoms with Gasteiger partial charge < -0.3 is 14.5 Å². The molecule has 0 saturated carbocycles. The molecule has 0 radical (unpaired) electrons. The average Bonchev–Trinajstić information content (AvgIpc) is 3.40. The second-order valence-electron chi connectivity index (χ2n) is 9.12. The highest BCUT2D eigenvalue weighted by atomic mass is 79.9. The zero-order valence-corrected chi connectivity index (χ0v) is 26.3. The van der Waals surface area contributed by atoms with Crippen LogP contribution in [0.5, 0.6) is 5.75 Å². The zero-order chi connectivity index (χ0) is 29.2. The van der Waals surface area contributed by atoms with E-state index in [2.05, 4.69) is 58.2 Å². The third-order valence-electron chi connectivity index (χ3n) is 6.20. The van der Waals surface area contributed by atoms with Crippen molar-refractivity contribution in [3.8, 4) is 17.3 Å². The molecule has 6 aromatic rings. The fourth-order valence-corrected chi connectivity index (χ4v) is 6.12. The molecule has 6 rings (SSSR count). The van der Waals surface area contributed by atoms with Crippen molar-refractivity contribution < 1.29 is 13.9 Å². The van der Waals surface area contributed by atoms with Crippen LogP contribution < -0.4 is 15.6 Å². The number of hydrogen-bond acceptors (Lipinski definition) is 6. The number of halogens is 3. The molecule has 0 atom stereocenters. The lowest BCUT2D eigenvalue weighted by atomic mass is 10.2. The van der Waals surface area contributed by atoms with Crippen LogP contribution in [0.4, 0.5) is 5.69 Å². The fourth-order valence-electron chi connectivity index (χ4n) is 4.29. The number of nitrogens with zero attached hydrogens (tertiary/aromatic N) is 3. The highest BCUT2D eigenvalue weighted by Crippen LogP contribution is 2.35. The summed E-state index contributed by atoms with van der Waals surface area (Å²) in [5.74, 6) is 0.834. The lowest BCUT2D eigenvalue weighted by molar-refractivity contribution is -0.118. The molecule has 0 fully saturated rings. The SMILES string of the molecule is O=C(COc1c(Br)cc(C=Nn2c(-c3cc4cc(Br)ccc4o3)nc3ccccc3c2=O)cc1Br)Nc1ccccc1. The Morgan fingerprint density at radius 1 is 0.952 bits per heavy atom. The Morgan fingerprint density at radius 2 is 1.69 bits per heavy atom. The number of ether oxygens (including phenoxy) is 1. The minimum Gasteiger partial charge on any atom is -0.481 e. The van der Waals surface area contributed by atoms with Crippen molar-refractivity contribution in [2.24, 2.45) is 5.10 Å². The molecular formula is C31H19Br3N4O4. The Balaban J connectivity index is 1.31. The summed E-state index contributed by atoms with van der Waals surface area (Å²) in [6, 6.07) is 27.3. The van der Waals surface area contributed by atoms with E-state index in [-0.39, 0.29) is 23.9 Å². The maximum atomic E-state index is 13.6. The molecule has 0 bridgehead atoms. The van der Waals surface area contributed by atoms with Crippen LogP contribution in [0.15, 0.2) is 119 Å². The monoisotopic (exact) mass is 748 g/mol. The molecule has 11 heteroatoms. The Hall–Kier alpha value is -4.06. The zero-order valence-electron chi connectivity index (χ0n) is 21.6. The van der Waals surface area contributed by atoms with E-state index in [1.807, 2.05) is 48.5 Å². The van der Waals surface area contributed by atoms with Crippen molar-refractivity contribution in [1.82, 2.24) is 9.66 Å². The number of carbonyl (C=O) groups is 1. The van der Waals surface area contributed by atoms with E-state index in [4.69, 9.17) is 14.1 Å². The van der Waals surface area contributed by atoms with Crippen molar-refractivity contribution in [3.05, 3.63) is 120 Å². The molecule has 0 aliphatic carbocycles. The molecule has 4 aromatic carbocycles. The van der Waals surface area contributed by atoms with Gasteiger partial charge in [0.05, 0.1) is 26.1 Å². The summed E-state index contributed by atoms with van der Waals surface area (Å²) in [6.07, 6.45) is 1.54. The first-order valence-corrected chi connectivity index (χ1v) is 15.0. The van der Waals surface area contributed by atoms with Gasteiger partial charge in [0.2, 0.25) is 5.82 Å². The molecule has 1 N–H and O–H groups in total. The van der Waals surface area contributed by atoms with Gasteiger partial charge in [0.1, 0.15) is 11.3 Å². The molecule has 208 valence electrons. The van der Waals surface area contributed by atoms with Crippen LogP contribution >= 0.6 is 47.8 Å². The molecular weight excluding hydrogens is 732 g/mol. The van der Waals surface area contributed by atoms with Crippen LogP contribution in [0.3, 0.4) is 0 Å². The van der Waals surface area contributed by atoms with Crippen molar-refractivity contribution in [2.45, 2.75) is 0 Å². The van der Waals surface area contributed by atoms with Gasteiger partial charge in [-0.15, -0.1) is 0 Å². The summed E-state index contributed by atoms with van der Waals surface area (Å²) < 4.78 is 15.2. The van der Waals surface area contributed by atoms with Crippen molar-refractivity contribution in [1.29, 1.82) is 0 Å². The molecule has 0 saturated heterocycles. The van der Waals surface area contributed by atoms with E-state index in [0.29, 0.717) is 48.2 Å². The maximum Gasteiger partial charge on any atom is 0.282 e. The van der Waals surface area contributed by atoms with Crippen molar-refractivity contribution in [3.63, 3.8) is 0 Å². The van der Waals surface area contributed by atoms with Gasteiger partial charge in [-0.2, -0.15) is 9.78 Å². The van der Waals surface area contributed by atoms with Crippen molar-refractivity contribution >= 4 is 87.5 Å². The molecule has 42 heavy (non-hydrogen) atoms. The molecule has 2 aromatic heterocycles. The second kappa shape index (κ2) is 12.0. The van der Waals surface area contributed by atoms with Gasteiger partial charge in [-0.1, -0.05) is 46.3 Å². The summed E-state index contributed by atoms with van der Waals surface area (Å²) in [5, 5.41) is 8.60. The molecule has 0 aliphatic heterocycles. The first-order chi connectivity index (χ1) is 20.4. The first-order valence-electron chi connectivity index (χ1n) is 12.6. The van der Waals surface area contributed by atoms with Gasteiger partial charge in [-0.05, 0) is 98.1 Å². The van der Waals surface area contributed by atoms with E-state index in [0.717, 1.165) is 9.86 Å². The highest BCUT2D eigenvalue weighted by Gasteiger charge is 2.17. The number of nitrogens with one attached hydrogen (secondary N) is 1. The largest absolute Gasteiger partial charge is 0.481 e. The minimum atomic E-state index is -0.337. The first kappa shape index (κ1) is 28.1. The molecule has 2 heterocycles. The average molecular weight is 751 g/mol. The lowest BCUT2D eigenvalue weighted by Crippen LogP contribution is -2.20. The number of aromatic nitrogens is 2. The van der Waals surface area contributed by atoms with Gasteiger partial charge in [-0.25, -0.2) is 4.98 Å². The summed E-state index contributed by atoms with van der Waals surface area (Å²) in [6.45, 7) is -0.185. The van der Waals surface area contributed by atoms with E-state index in [9.17, 15) is 9.59 Å². The third-order valence-corrected chi connectivity index (χ3v) is 7.87. The predicted octanol–water partition coefficient (Wildman–Crippen LogP) is 8.00. The van der Waals surface area contributed by atoms with Gasteiger partial charge in [0, 0.05) is 15.5 Å². The second-order valence-corrected chi connectivity index (χ2v) is 11.7. The number of benzene rings is 4. The van der Waals surface area contributed by atoms with Crippen LogP contribution in [0.2, 0.25) is 0 Å². The highest BCUT2D eigenvalue weighted by molar-refractivity contribution is 9.11. The summed E-state index contributed by atoms with van der Waals surface area (Å²) in [7, 11) is 0. The standard InChI is InChI=1S/C31H19Br3N4O4/c32-20-10-11-26-19(14-20)15-27(42-26)30-37-25-9-5-4-8-22(25)31(40)38(30)35-16-18-12-23(33)29(24(34)13-18)41-17-28(39)36-21-6-2-1-3-7-21/h1-16H,17H2,(H,36,39). The predicted molar refractivity (Wildman–Crippen MR) is 174 cm³/mol. The number of rotatable bonds is 7. The van der Waals surface area contributed by atoms with Crippen LogP contribution in [-0.4, -0.2) is 28.4 Å². The smallest absolute Gasteiger partial charge is 0.282 e. The van der Waals surface area contributed by atoms with Crippen LogP contribution in [-0.2, 0) is 4.79 Å². The number of fused-ring (bicyclic) bond motifs is 2. The number of furan rings is 1. The van der Waals surface area contributed by atoms with E-state index in [1.165, 1.54) is 4.68 Å². The fraction of sp³-hybridized carbons (Fsp3) is 0.0323. The Labute approximate surface area is 264 Å². The topological polar surface area (TPSA) is 98.7 Å². The summed E-state index contributed by atoms with van der Waals surface area (Å²) >= 11 is 10.5. The number of hydrogen-bond donors (Lipinski definition) is 1. The summed E-state index contributed by atoms with van der Waals surface area (Å²) in [4.78, 5) is 30.6. The van der Waals surface area contributed by atoms with Gasteiger partial charge in [0.25, 0.3) is 11.5 Å². The number of carbonyl (C=O) groups excluding carboxylic acids is 1. The van der Waals surface area contributed by atoms with E-state index >= 15 is 0 Å². The van der Waals surface area contributed by atoms with E-state index < -0.39 is 0 Å². The quantitative estimate of drug-likeness (QED) is 0.167. The van der Waals surface area contributed by atoms with E-state index in [1.54, 1.807) is 48.7 Å². The number of anilines is 1. The minimum absolute atomic E-state index is 0.185. The van der Waals surface area contributed by atoms with Crippen LogP contribution in [0, 0.1) is 0 Å². The van der Waals surface area contributed by atoms with Crippen molar-refractivity contribution in [2.75, 3.05) is 11.9 Å². The number of para-hydroxylation sites is 2. The Morgan fingerprint density at radius 3 is 2.48 bits per heavy atom. The third kappa shape index (κ3) is 5.94. The molecule has 0 unspecified atom stereocenters. The van der Waals surface area contributed by atoms with Gasteiger partial charge in [0.15, 0.2) is 12.4 Å². The number of amides is 1. The van der Waals surface area contributed by atoms with Crippen LogP contribution in [0.25, 0.3) is 33.5 Å². The molecule has 8 nitrogen and oxygen atoms in total. The van der Waals surface area contributed by atoms with Gasteiger partial charge >= 0.3 is 0 Å². The molecule has 0 spiro atoms. The molecule has 0 aliphatic rings. The Bertz CT molecular complexity index is 2030. The summed E-state index contributed by atoms with van der Waals surface area (Å²) in [5.41, 5.74) is 2.20. The Kier molecular flexibility index (Phi) is 8.05. The molecule has 1 amide bonds. The van der Waals surface area contributed by atoms with Crippen LogP contribution in [0.1, 0.15) is 5.56 Å².